The topological polar surface area (TPSA) is 195 Å². The predicted molar refractivity (Wildman–Crippen MR) is 90.6 cm³/mol. The van der Waals surface area contributed by atoms with Gasteiger partial charge in [-0.1, -0.05) is 0 Å². The minimum atomic E-state index is -1.76. The second-order valence-electron chi connectivity index (χ2n) is 5.09. The van der Waals surface area contributed by atoms with Crippen LogP contribution in [0.5, 0.6) is 11.5 Å². The number of aromatic carboxylic acids is 2. The molecule has 0 aliphatic heterocycles. The van der Waals surface area contributed by atoms with Gasteiger partial charge in [-0.3, -0.25) is 14.9 Å². The largest absolute Gasteiger partial charge is 0.493 e. The van der Waals surface area contributed by atoms with Gasteiger partial charge in [-0.2, -0.15) is 0 Å². The highest BCUT2D eigenvalue weighted by Gasteiger charge is 2.31. The van der Waals surface area contributed by atoms with Gasteiger partial charge in [0.2, 0.25) is 0 Å². The lowest BCUT2D eigenvalue weighted by Gasteiger charge is -2.16. The van der Waals surface area contributed by atoms with Gasteiger partial charge >= 0.3 is 11.9 Å². The van der Waals surface area contributed by atoms with Crippen molar-refractivity contribution >= 4 is 23.4 Å². The Balaban J connectivity index is 3.16. The number of anilines is 1. The lowest BCUT2D eigenvalue weighted by Crippen LogP contribution is -2.24. The minimum absolute atomic E-state index is 0.173. The number of carbonyl (C=O) groups is 2. The fourth-order valence-electron chi connectivity index (χ4n) is 2.56. The molecule has 12 heteroatoms. The van der Waals surface area contributed by atoms with Crippen LogP contribution in [0, 0.1) is 10.1 Å². The molecule has 2 rings (SSSR count). The van der Waals surface area contributed by atoms with Gasteiger partial charge in [0.15, 0.2) is 11.5 Å². The monoisotopic (exact) mass is 379 g/mol. The number of hydrogen-bond donors (Lipinski definition) is 4. The molecule has 0 aliphatic rings. The molecule has 1 heterocycles. The lowest BCUT2D eigenvalue weighted by atomic mass is 9.94. The zero-order chi connectivity index (χ0) is 20.5. The maximum Gasteiger partial charge on any atom is 0.342 e. The van der Waals surface area contributed by atoms with E-state index in [0.717, 1.165) is 19.2 Å². The molecule has 142 valence electrons. The van der Waals surface area contributed by atoms with Crippen LogP contribution in [0.4, 0.5) is 11.5 Å². The van der Waals surface area contributed by atoms with Gasteiger partial charge in [0.05, 0.1) is 25.2 Å². The summed E-state index contributed by atoms with van der Waals surface area (Å²) in [5.74, 6) is -4.43. The van der Waals surface area contributed by atoms with Gasteiger partial charge in [-0.25, -0.2) is 9.59 Å². The van der Waals surface area contributed by atoms with E-state index in [1.165, 1.54) is 7.11 Å². The predicted octanol–water partition coefficient (Wildman–Crippen LogP) is 0.946. The number of aromatic nitrogens is 1. The number of nitrogens with zero attached hydrogens (tertiary/aromatic N) is 1. The molecule has 0 fully saturated rings. The van der Waals surface area contributed by atoms with Crippen molar-refractivity contribution in [2.45, 2.75) is 0 Å². The Bertz CT molecular complexity index is 1030. The Morgan fingerprint density at radius 2 is 1.74 bits per heavy atom. The average Bonchev–Trinajstić information content (AvgIpc) is 2.58. The van der Waals surface area contributed by atoms with E-state index in [0.29, 0.717) is 0 Å². The second kappa shape index (κ2) is 7.03. The molecule has 0 aliphatic carbocycles. The van der Waals surface area contributed by atoms with Gasteiger partial charge in [0, 0.05) is 17.2 Å². The van der Waals surface area contributed by atoms with Crippen molar-refractivity contribution in [3.05, 3.63) is 43.7 Å². The summed E-state index contributed by atoms with van der Waals surface area (Å²) >= 11 is 0. The van der Waals surface area contributed by atoms with E-state index in [9.17, 15) is 34.7 Å². The summed E-state index contributed by atoms with van der Waals surface area (Å²) < 4.78 is 10.1. The first-order valence-corrected chi connectivity index (χ1v) is 7.07. The molecular weight excluding hydrogens is 366 g/mol. The van der Waals surface area contributed by atoms with E-state index in [4.69, 9.17) is 15.2 Å². The first-order valence-electron chi connectivity index (χ1n) is 7.07. The SMILES string of the molecule is COc1cc([N+](=O)[O-])cc(-c2c(C(=O)O)c(N)[nH]c(=O)c2C(=O)O)c1OC. The summed E-state index contributed by atoms with van der Waals surface area (Å²) in [5, 5.41) is 30.1. The fraction of sp³-hybridized carbons (Fsp3) is 0.133. The number of nitro benzene ring substituents is 1. The third kappa shape index (κ3) is 3.22. The van der Waals surface area contributed by atoms with Crippen LogP contribution in [0.25, 0.3) is 11.1 Å². The molecular formula is C15H13N3O9. The van der Waals surface area contributed by atoms with E-state index in [1.807, 2.05) is 4.98 Å². The number of ether oxygens (including phenoxy) is 2. The van der Waals surface area contributed by atoms with Crippen molar-refractivity contribution in [2.75, 3.05) is 20.0 Å². The van der Waals surface area contributed by atoms with Gasteiger partial charge in [-0.05, 0) is 0 Å². The molecule has 2 aromatic rings. The number of methoxy groups -OCH3 is 2. The molecule has 0 unspecified atom stereocenters. The molecule has 0 bridgehead atoms. The number of carboxylic acid groups (broad SMARTS) is 2. The van der Waals surface area contributed by atoms with Gasteiger partial charge in [0.1, 0.15) is 16.9 Å². The van der Waals surface area contributed by atoms with Crippen molar-refractivity contribution in [3.8, 4) is 22.6 Å². The highest BCUT2D eigenvalue weighted by Crippen LogP contribution is 2.44. The number of pyridine rings is 1. The summed E-state index contributed by atoms with van der Waals surface area (Å²) in [4.78, 5) is 47.7. The van der Waals surface area contributed by atoms with E-state index >= 15 is 0 Å². The molecule has 5 N–H and O–H groups in total. The van der Waals surface area contributed by atoms with Crippen LogP contribution in [-0.2, 0) is 0 Å². The molecule has 12 nitrogen and oxygen atoms in total. The van der Waals surface area contributed by atoms with Crippen molar-refractivity contribution in [3.63, 3.8) is 0 Å². The smallest absolute Gasteiger partial charge is 0.342 e. The number of carboxylic acids is 2. The van der Waals surface area contributed by atoms with Crippen LogP contribution in [0.1, 0.15) is 20.7 Å². The Morgan fingerprint density at radius 3 is 2.19 bits per heavy atom. The molecule has 0 saturated heterocycles. The molecule has 1 aromatic carbocycles. The summed E-state index contributed by atoms with van der Waals surface area (Å²) in [7, 11) is 2.33. The summed E-state index contributed by atoms with van der Waals surface area (Å²) in [5.41, 5.74) is 1.10. The number of nitrogens with two attached hydrogens (primary N) is 1. The molecule has 0 amide bonds. The van der Waals surface area contributed by atoms with Crippen LogP contribution < -0.4 is 20.8 Å². The molecule has 1 aromatic heterocycles. The van der Waals surface area contributed by atoms with Crippen LogP contribution >= 0.6 is 0 Å². The van der Waals surface area contributed by atoms with Crippen LogP contribution in [0.3, 0.4) is 0 Å². The first kappa shape index (κ1) is 19.2. The Kier molecular flexibility index (Phi) is 5.01. The number of non-ortho nitro benzene ring substituents is 1. The van der Waals surface area contributed by atoms with Crippen LogP contribution in [0.2, 0.25) is 0 Å². The standard InChI is InChI=1S/C15H13N3O9/c1-26-7-4-5(18(24)25)3-6(11(7)27-2)8-9(14(20)21)12(16)17-13(19)10(8)15(22)23/h3-4H,1-2H3,(H,20,21)(H,22,23)(H3,16,17,19). The van der Waals surface area contributed by atoms with E-state index in [1.54, 1.807) is 0 Å². The van der Waals surface area contributed by atoms with Crippen molar-refractivity contribution in [2.24, 2.45) is 0 Å². The molecule has 0 saturated carbocycles. The zero-order valence-electron chi connectivity index (χ0n) is 13.9. The highest BCUT2D eigenvalue weighted by molar-refractivity contribution is 6.08. The molecule has 0 spiro atoms. The van der Waals surface area contributed by atoms with Gasteiger partial charge < -0.3 is 30.4 Å². The highest BCUT2D eigenvalue weighted by atomic mass is 16.6. The third-order valence-electron chi connectivity index (χ3n) is 3.62. The van der Waals surface area contributed by atoms with Gasteiger partial charge in [0.25, 0.3) is 11.2 Å². The Labute approximate surface area is 149 Å². The quantitative estimate of drug-likeness (QED) is 0.414. The number of nitrogens with one attached hydrogen (secondary N) is 1. The third-order valence-corrected chi connectivity index (χ3v) is 3.62. The van der Waals surface area contributed by atoms with Crippen LogP contribution in [-0.4, -0.2) is 46.3 Å². The van der Waals surface area contributed by atoms with E-state index < -0.39 is 50.6 Å². The lowest BCUT2D eigenvalue weighted by molar-refractivity contribution is -0.384. The molecule has 27 heavy (non-hydrogen) atoms. The molecule has 0 radical (unpaired) electrons. The number of nitro groups is 1. The fourth-order valence-corrected chi connectivity index (χ4v) is 2.56. The Hall–Kier alpha value is -4.09. The number of hydrogen-bond acceptors (Lipinski definition) is 8. The van der Waals surface area contributed by atoms with Crippen LogP contribution in [0.15, 0.2) is 16.9 Å². The number of nitrogen functional groups attached to an aromatic ring is 1. The summed E-state index contributed by atoms with van der Waals surface area (Å²) in [6.07, 6.45) is 0. The van der Waals surface area contributed by atoms with E-state index in [-0.39, 0.29) is 17.1 Å². The normalized spacial score (nSPS) is 10.3. The van der Waals surface area contributed by atoms with Gasteiger partial charge in [-0.15, -0.1) is 0 Å². The Morgan fingerprint density at radius 1 is 1.15 bits per heavy atom. The minimum Gasteiger partial charge on any atom is -0.493 e. The first-order chi connectivity index (χ1) is 12.6. The summed E-state index contributed by atoms with van der Waals surface area (Å²) in [6, 6.07) is 1.87. The van der Waals surface area contributed by atoms with Crippen molar-refractivity contribution in [1.29, 1.82) is 0 Å². The van der Waals surface area contributed by atoms with Crippen molar-refractivity contribution in [1.82, 2.24) is 4.98 Å². The number of H-pyrrole nitrogens is 1. The average molecular weight is 379 g/mol. The maximum absolute atomic E-state index is 12.1. The van der Waals surface area contributed by atoms with E-state index in [2.05, 4.69) is 0 Å². The second-order valence-corrected chi connectivity index (χ2v) is 5.09. The number of benzene rings is 1. The molecule has 0 atom stereocenters. The zero-order valence-corrected chi connectivity index (χ0v) is 13.9. The summed E-state index contributed by atoms with van der Waals surface area (Å²) in [6.45, 7) is 0. The number of aromatic amines is 1. The number of rotatable bonds is 6. The van der Waals surface area contributed by atoms with Crippen molar-refractivity contribution < 1.29 is 34.2 Å². The maximum atomic E-state index is 12.1.